The van der Waals surface area contributed by atoms with Crippen LogP contribution in [0.1, 0.15) is 13.3 Å². The second-order valence-electron chi connectivity index (χ2n) is 3.74. The third kappa shape index (κ3) is 5.92. The van der Waals surface area contributed by atoms with Gasteiger partial charge >= 0.3 is 5.97 Å². The van der Waals surface area contributed by atoms with Gasteiger partial charge in [0.2, 0.25) is 0 Å². The van der Waals surface area contributed by atoms with Gasteiger partial charge < -0.3 is 9.84 Å². The molecule has 0 radical (unpaired) electrons. The lowest BCUT2D eigenvalue weighted by Gasteiger charge is -2.19. The van der Waals surface area contributed by atoms with Crippen molar-refractivity contribution in [3.63, 3.8) is 0 Å². The summed E-state index contributed by atoms with van der Waals surface area (Å²) in [6.45, 7) is 4.76. The van der Waals surface area contributed by atoms with Gasteiger partial charge in [0.25, 0.3) is 0 Å². The maximum absolute atomic E-state index is 10.5. The Kier molecular flexibility index (Phi) is 6.10. The molecule has 1 aromatic carbocycles. The lowest BCUT2D eigenvalue weighted by molar-refractivity contribution is -0.137. The molecule has 4 nitrogen and oxygen atoms in total. The normalized spacial score (nSPS) is 10.5. The Morgan fingerprint density at radius 2 is 2.00 bits per heavy atom. The summed E-state index contributed by atoms with van der Waals surface area (Å²) in [5.41, 5.74) is 0. The molecule has 0 aliphatic heterocycles. The van der Waals surface area contributed by atoms with Crippen LogP contribution in [0.5, 0.6) is 5.75 Å². The number of aliphatic carboxylic acids is 1. The molecule has 0 aliphatic rings. The first-order valence-corrected chi connectivity index (χ1v) is 5.84. The van der Waals surface area contributed by atoms with Crippen LogP contribution in [0.15, 0.2) is 30.3 Å². The Bertz CT molecular complexity index is 327. The zero-order valence-electron chi connectivity index (χ0n) is 10.1. The van der Waals surface area contributed by atoms with E-state index >= 15 is 0 Å². The maximum atomic E-state index is 10.5. The average Bonchev–Trinajstić information content (AvgIpc) is 2.34. The molecule has 0 bridgehead atoms. The van der Waals surface area contributed by atoms with E-state index in [1.165, 1.54) is 0 Å². The van der Waals surface area contributed by atoms with Gasteiger partial charge in [-0.25, -0.2) is 0 Å². The summed E-state index contributed by atoms with van der Waals surface area (Å²) in [6.07, 6.45) is 0.180. The number of rotatable bonds is 8. The molecule has 0 saturated heterocycles. The number of para-hydroxylation sites is 1. The monoisotopic (exact) mass is 237 g/mol. The van der Waals surface area contributed by atoms with Gasteiger partial charge in [-0.15, -0.1) is 0 Å². The fourth-order valence-corrected chi connectivity index (χ4v) is 1.49. The molecular formula is C13H19NO3. The van der Waals surface area contributed by atoms with Crippen molar-refractivity contribution in [2.45, 2.75) is 13.3 Å². The predicted octanol–water partition coefficient (Wildman–Crippen LogP) is 1.86. The van der Waals surface area contributed by atoms with E-state index in [0.29, 0.717) is 13.2 Å². The maximum Gasteiger partial charge on any atom is 0.304 e. The Morgan fingerprint density at radius 1 is 1.29 bits per heavy atom. The largest absolute Gasteiger partial charge is 0.492 e. The van der Waals surface area contributed by atoms with Crippen LogP contribution in [0.4, 0.5) is 0 Å². The Hall–Kier alpha value is -1.55. The van der Waals surface area contributed by atoms with E-state index < -0.39 is 5.97 Å². The Labute approximate surface area is 102 Å². The van der Waals surface area contributed by atoms with Crippen LogP contribution in [0, 0.1) is 0 Å². The molecule has 0 spiro atoms. The first-order chi connectivity index (χ1) is 8.22. The molecule has 0 aliphatic carbocycles. The molecule has 0 saturated carbocycles. The van der Waals surface area contributed by atoms with Gasteiger partial charge in [0.1, 0.15) is 12.4 Å². The Balaban J connectivity index is 2.21. The van der Waals surface area contributed by atoms with Crippen molar-refractivity contribution < 1.29 is 14.6 Å². The van der Waals surface area contributed by atoms with Crippen LogP contribution in [-0.2, 0) is 4.79 Å². The highest BCUT2D eigenvalue weighted by Gasteiger charge is 2.05. The molecule has 0 heterocycles. The third-order valence-corrected chi connectivity index (χ3v) is 2.51. The van der Waals surface area contributed by atoms with E-state index in [9.17, 15) is 4.79 Å². The summed E-state index contributed by atoms with van der Waals surface area (Å²) in [5.74, 6) is 0.0919. The minimum atomic E-state index is -0.757. The summed E-state index contributed by atoms with van der Waals surface area (Å²) in [6, 6.07) is 9.62. The van der Waals surface area contributed by atoms with Gasteiger partial charge in [0, 0.05) is 13.1 Å². The van der Waals surface area contributed by atoms with E-state index in [2.05, 4.69) is 4.90 Å². The van der Waals surface area contributed by atoms with Crippen molar-refractivity contribution in [1.82, 2.24) is 4.90 Å². The van der Waals surface area contributed by atoms with E-state index in [0.717, 1.165) is 18.8 Å². The van der Waals surface area contributed by atoms with Gasteiger partial charge in [-0.2, -0.15) is 0 Å². The number of benzene rings is 1. The van der Waals surface area contributed by atoms with Crippen molar-refractivity contribution in [3.05, 3.63) is 30.3 Å². The molecule has 1 N–H and O–H groups in total. The number of likely N-dealkylation sites (N-methyl/N-ethyl adjacent to an activating group) is 1. The minimum absolute atomic E-state index is 0.180. The second-order valence-corrected chi connectivity index (χ2v) is 3.74. The zero-order chi connectivity index (χ0) is 12.5. The van der Waals surface area contributed by atoms with Crippen molar-refractivity contribution in [1.29, 1.82) is 0 Å². The van der Waals surface area contributed by atoms with Crippen LogP contribution < -0.4 is 4.74 Å². The molecule has 0 aromatic heterocycles. The van der Waals surface area contributed by atoms with E-state index in [1.807, 2.05) is 37.3 Å². The minimum Gasteiger partial charge on any atom is -0.492 e. The van der Waals surface area contributed by atoms with Gasteiger partial charge in [0.05, 0.1) is 6.42 Å². The Morgan fingerprint density at radius 3 is 2.59 bits per heavy atom. The van der Waals surface area contributed by atoms with Gasteiger partial charge in [0.15, 0.2) is 0 Å². The summed E-state index contributed by atoms with van der Waals surface area (Å²) in [4.78, 5) is 12.5. The summed E-state index contributed by atoms with van der Waals surface area (Å²) in [5, 5.41) is 8.60. The number of ether oxygens (including phenoxy) is 1. The molecule has 94 valence electrons. The van der Waals surface area contributed by atoms with Gasteiger partial charge in [-0.3, -0.25) is 9.69 Å². The highest BCUT2D eigenvalue weighted by Crippen LogP contribution is 2.07. The second kappa shape index (κ2) is 7.68. The predicted molar refractivity (Wildman–Crippen MR) is 66.3 cm³/mol. The fraction of sp³-hybridized carbons (Fsp3) is 0.462. The number of nitrogens with zero attached hydrogens (tertiary/aromatic N) is 1. The van der Waals surface area contributed by atoms with Crippen LogP contribution in [0.2, 0.25) is 0 Å². The molecule has 1 aromatic rings. The average molecular weight is 237 g/mol. The highest BCUT2D eigenvalue weighted by molar-refractivity contribution is 5.66. The van der Waals surface area contributed by atoms with Crippen molar-refractivity contribution >= 4 is 5.97 Å². The van der Waals surface area contributed by atoms with Crippen LogP contribution in [-0.4, -0.2) is 42.2 Å². The number of hydrogen-bond acceptors (Lipinski definition) is 3. The van der Waals surface area contributed by atoms with Crippen molar-refractivity contribution in [2.24, 2.45) is 0 Å². The summed E-state index contributed by atoms with van der Waals surface area (Å²) in [7, 11) is 0. The topological polar surface area (TPSA) is 49.8 Å². The van der Waals surface area contributed by atoms with Crippen molar-refractivity contribution in [3.8, 4) is 5.75 Å². The molecule has 4 heteroatoms. The summed E-state index contributed by atoms with van der Waals surface area (Å²) < 4.78 is 5.56. The molecule has 0 amide bonds. The van der Waals surface area contributed by atoms with Gasteiger partial charge in [-0.05, 0) is 18.7 Å². The molecule has 17 heavy (non-hydrogen) atoms. The van der Waals surface area contributed by atoms with Crippen molar-refractivity contribution in [2.75, 3.05) is 26.2 Å². The van der Waals surface area contributed by atoms with Crippen LogP contribution in [0.25, 0.3) is 0 Å². The first-order valence-electron chi connectivity index (χ1n) is 5.84. The zero-order valence-corrected chi connectivity index (χ0v) is 10.1. The molecule has 1 rings (SSSR count). The molecular weight excluding hydrogens is 218 g/mol. The SMILES string of the molecule is CCN(CCOc1ccccc1)CCC(=O)O. The molecule has 0 fully saturated rings. The number of carbonyl (C=O) groups is 1. The third-order valence-electron chi connectivity index (χ3n) is 2.51. The van der Waals surface area contributed by atoms with Crippen LogP contribution >= 0.6 is 0 Å². The number of carboxylic acid groups (broad SMARTS) is 1. The standard InChI is InChI=1S/C13H19NO3/c1-2-14(9-8-13(15)16)10-11-17-12-6-4-3-5-7-12/h3-7H,2,8-11H2,1H3,(H,15,16). The van der Waals surface area contributed by atoms with Gasteiger partial charge in [-0.1, -0.05) is 25.1 Å². The van der Waals surface area contributed by atoms with E-state index in [4.69, 9.17) is 9.84 Å². The van der Waals surface area contributed by atoms with E-state index in [1.54, 1.807) is 0 Å². The molecule has 0 atom stereocenters. The number of carboxylic acids is 1. The lowest BCUT2D eigenvalue weighted by atomic mass is 10.3. The quantitative estimate of drug-likeness (QED) is 0.749. The fourth-order valence-electron chi connectivity index (χ4n) is 1.49. The number of hydrogen-bond donors (Lipinski definition) is 1. The summed E-state index contributed by atoms with van der Waals surface area (Å²) >= 11 is 0. The smallest absolute Gasteiger partial charge is 0.304 e. The lowest BCUT2D eigenvalue weighted by Crippen LogP contribution is -2.30. The molecule has 0 unspecified atom stereocenters. The van der Waals surface area contributed by atoms with Crippen LogP contribution in [0.3, 0.4) is 0 Å². The first kappa shape index (κ1) is 13.5. The highest BCUT2D eigenvalue weighted by atomic mass is 16.5. The van der Waals surface area contributed by atoms with E-state index in [-0.39, 0.29) is 6.42 Å².